The lowest BCUT2D eigenvalue weighted by Gasteiger charge is -2.11. The Morgan fingerprint density at radius 3 is 2.22 bits per heavy atom. The Labute approximate surface area is 187 Å². The Hall–Kier alpha value is -3.50. The van der Waals surface area contributed by atoms with E-state index >= 15 is 0 Å². The van der Waals surface area contributed by atoms with Crippen LogP contribution in [0.25, 0.3) is 0 Å². The fraction of sp³-hybridized carbons (Fsp3) is 0.227. The molecule has 0 unspecified atom stereocenters. The average molecular weight is 455 g/mol. The summed E-state index contributed by atoms with van der Waals surface area (Å²) in [4.78, 5) is 20.0. The molecule has 0 spiro atoms. The quantitative estimate of drug-likeness (QED) is 0.366. The number of hydrogen-bond donors (Lipinski definition) is 4. The lowest BCUT2D eigenvalue weighted by molar-refractivity contribution is -0.114. The molecule has 1 amide bonds. The van der Waals surface area contributed by atoms with Crippen LogP contribution < -0.4 is 20.7 Å². The second-order valence-corrected chi connectivity index (χ2v) is 9.01. The largest absolute Gasteiger partial charge is 0.353 e. The van der Waals surface area contributed by atoms with Crippen molar-refractivity contribution >= 4 is 39.1 Å². The van der Waals surface area contributed by atoms with Gasteiger partial charge in [0.25, 0.3) is 0 Å². The topological polar surface area (TPSA) is 125 Å². The van der Waals surface area contributed by atoms with E-state index in [1.165, 1.54) is 36.8 Å². The zero-order valence-electron chi connectivity index (χ0n) is 18.1. The third-order valence-electron chi connectivity index (χ3n) is 4.36. The second-order valence-electron chi connectivity index (χ2n) is 7.24. The van der Waals surface area contributed by atoms with Crippen molar-refractivity contribution in [3.05, 3.63) is 65.9 Å². The fourth-order valence-corrected chi connectivity index (χ4v) is 3.89. The lowest BCUT2D eigenvalue weighted by Crippen LogP contribution is -2.29. The summed E-state index contributed by atoms with van der Waals surface area (Å²) in [5.74, 6) is 0.822. The molecule has 0 atom stereocenters. The summed E-state index contributed by atoms with van der Waals surface area (Å²) in [5.41, 5.74) is 3.39. The van der Waals surface area contributed by atoms with Crippen molar-refractivity contribution in [3.8, 4) is 0 Å². The smallest absolute Gasteiger partial charge is 0.240 e. The van der Waals surface area contributed by atoms with Crippen LogP contribution in [0.1, 0.15) is 18.2 Å². The van der Waals surface area contributed by atoms with Crippen LogP contribution in [-0.4, -0.2) is 37.4 Å². The van der Waals surface area contributed by atoms with E-state index in [9.17, 15) is 13.2 Å². The first-order valence-electron chi connectivity index (χ1n) is 10.0. The van der Waals surface area contributed by atoms with Gasteiger partial charge in [-0.3, -0.25) is 4.79 Å². The van der Waals surface area contributed by atoms with Crippen LogP contribution in [-0.2, 0) is 14.8 Å². The number of nitrogens with one attached hydrogen (secondary N) is 4. The molecule has 1 heterocycles. The molecule has 32 heavy (non-hydrogen) atoms. The summed E-state index contributed by atoms with van der Waals surface area (Å²) < 4.78 is 27.4. The molecule has 0 bridgehead atoms. The standard InChI is InChI=1S/C22H26N6O3S/c1-15-4-6-19(7-5-15)27-21-14-16(2)25-22(28-21)23-12-13-24-32(30,31)20-10-8-18(9-11-20)26-17(3)29/h4-11,14,24H,12-13H2,1-3H3,(H,26,29)(H2,23,25,27,28). The zero-order chi connectivity index (χ0) is 23.1. The highest BCUT2D eigenvalue weighted by Crippen LogP contribution is 2.17. The lowest BCUT2D eigenvalue weighted by atomic mass is 10.2. The van der Waals surface area contributed by atoms with E-state index in [0.717, 1.165) is 11.4 Å². The van der Waals surface area contributed by atoms with E-state index in [0.29, 0.717) is 24.0 Å². The molecule has 4 N–H and O–H groups in total. The van der Waals surface area contributed by atoms with Gasteiger partial charge < -0.3 is 16.0 Å². The number of benzene rings is 2. The number of rotatable bonds is 9. The second kappa shape index (κ2) is 10.2. The van der Waals surface area contributed by atoms with E-state index in [1.807, 2.05) is 44.2 Å². The maximum atomic E-state index is 12.4. The molecule has 2 aromatic carbocycles. The maximum absolute atomic E-state index is 12.4. The van der Waals surface area contributed by atoms with Crippen molar-refractivity contribution in [2.45, 2.75) is 25.7 Å². The monoisotopic (exact) mass is 454 g/mol. The molecular formula is C22H26N6O3S. The molecule has 168 valence electrons. The van der Waals surface area contributed by atoms with Crippen molar-refractivity contribution < 1.29 is 13.2 Å². The van der Waals surface area contributed by atoms with Gasteiger partial charge >= 0.3 is 0 Å². The third-order valence-corrected chi connectivity index (χ3v) is 5.84. The van der Waals surface area contributed by atoms with Crippen molar-refractivity contribution in [3.63, 3.8) is 0 Å². The number of anilines is 4. The predicted molar refractivity (Wildman–Crippen MR) is 126 cm³/mol. The molecule has 3 rings (SSSR count). The van der Waals surface area contributed by atoms with Gasteiger partial charge in [-0.25, -0.2) is 18.1 Å². The number of aromatic nitrogens is 2. The minimum atomic E-state index is -3.68. The van der Waals surface area contributed by atoms with Gasteiger partial charge in [-0.15, -0.1) is 0 Å². The number of carbonyl (C=O) groups excluding carboxylic acids is 1. The van der Waals surface area contributed by atoms with Gasteiger partial charge in [0, 0.05) is 43.1 Å². The van der Waals surface area contributed by atoms with Gasteiger partial charge in [0.2, 0.25) is 21.9 Å². The van der Waals surface area contributed by atoms with E-state index in [4.69, 9.17) is 0 Å². The summed E-state index contributed by atoms with van der Waals surface area (Å²) in [6.07, 6.45) is 0. The van der Waals surface area contributed by atoms with Crippen LogP contribution in [0.4, 0.5) is 23.1 Å². The molecule has 0 aliphatic heterocycles. The number of carbonyl (C=O) groups is 1. The molecule has 10 heteroatoms. The van der Waals surface area contributed by atoms with Crippen LogP contribution in [0, 0.1) is 13.8 Å². The number of hydrogen-bond acceptors (Lipinski definition) is 7. The summed E-state index contributed by atoms with van der Waals surface area (Å²) >= 11 is 0. The zero-order valence-corrected chi connectivity index (χ0v) is 19.0. The van der Waals surface area contributed by atoms with E-state index < -0.39 is 10.0 Å². The molecule has 0 aliphatic carbocycles. The van der Waals surface area contributed by atoms with Crippen LogP contribution in [0.5, 0.6) is 0 Å². The van der Waals surface area contributed by atoms with Crippen LogP contribution in [0.2, 0.25) is 0 Å². The minimum absolute atomic E-state index is 0.114. The summed E-state index contributed by atoms with van der Waals surface area (Å²) in [6, 6.07) is 15.7. The number of aryl methyl sites for hydroxylation is 2. The molecule has 1 aromatic heterocycles. The highest BCUT2D eigenvalue weighted by molar-refractivity contribution is 7.89. The highest BCUT2D eigenvalue weighted by Gasteiger charge is 2.13. The number of amides is 1. The molecule has 0 aliphatic rings. The Bertz CT molecular complexity index is 1180. The van der Waals surface area contributed by atoms with Crippen LogP contribution >= 0.6 is 0 Å². The first kappa shape index (κ1) is 23.2. The van der Waals surface area contributed by atoms with E-state index in [2.05, 4.69) is 30.6 Å². The predicted octanol–water partition coefficient (Wildman–Crippen LogP) is 3.19. The third kappa shape index (κ3) is 6.76. The van der Waals surface area contributed by atoms with Crippen molar-refractivity contribution in [2.75, 3.05) is 29.0 Å². The molecule has 3 aromatic rings. The van der Waals surface area contributed by atoms with Gasteiger partial charge in [0.05, 0.1) is 4.90 Å². The summed E-state index contributed by atoms with van der Waals surface area (Å²) in [7, 11) is -3.68. The SMILES string of the molecule is CC(=O)Nc1ccc(S(=O)(=O)NCCNc2nc(C)cc(Nc3ccc(C)cc3)n2)cc1. The Morgan fingerprint density at radius 1 is 0.906 bits per heavy atom. The number of sulfonamides is 1. The first-order valence-corrected chi connectivity index (χ1v) is 11.5. The van der Waals surface area contributed by atoms with Gasteiger partial charge in [-0.2, -0.15) is 4.98 Å². The van der Waals surface area contributed by atoms with Gasteiger partial charge in [0.15, 0.2) is 0 Å². The molecular weight excluding hydrogens is 428 g/mol. The van der Waals surface area contributed by atoms with Crippen molar-refractivity contribution in [1.82, 2.24) is 14.7 Å². The molecule has 0 saturated carbocycles. The van der Waals surface area contributed by atoms with E-state index in [1.54, 1.807) is 0 Å². The van der Waals surface area contributed by atoms with Crippen molar-refractivity contribution in [1.29, 1.82) is 0 Å². The molecule has 9 nitrogen and oxygen atoms in total. The Balaban J connectivity index is 1.55. The Kier molecular flexibility index (Phi) is 7.39. The Morgan fingerprint density at radius 2 is 1.56 bits per heavy atom. The van der Waals surface area contributed by atoms with Gasteiger partial charge in [-0.05, 0) is 50.2 Å². The van der Waals surface area contributed by atoms with Crippen LogP contribution in [0.3, 0.4) is 0 Å². The number of nitrogens with zero attached hydrogens (tertiary/aromatic N) is 2. The normalized spacial score (nSPS) is 11.1. The minimum Gasteiger partial charge on any atom is -0.353 e. The average Bonchev–Trinajstić information content (AvgIpc) is 2.73. The highest BCUT2D eigenvalue weighted by atomic mass is 32.2. The summed E-state index contributed by atoms with van der Waals surface area (Å²) in [6.45, 7) is 5.72. The van der Waals surface area contributed by atoms with E-state index in [-0.39, 0.29) is 17.3 Å². The fourth-order valence-electron chi connectivity index (χ4n) is 2.86. The van der Waals surface area contributed by atoms with Gasteiger partial charge in [0.1, 0.15) is 5.82 Å². The van der Waals surface area contributed by atoms with Crippen LogP contribution in [0.15, 0.2) is 59.5 Å². The maximum Gasteiger partial charge on any atom is 0.240 e. The van der Waals surface area contributed by atoms with Gasteiger partial charge in [-0.1, -0.05) is 17.7 Å². The molecule has 0 fully saturated rings. The van der Waals surface area contributed by atoms with Crippen molar-refractivity contribution in [2.24, 2.45) is 0 Å². The first-order chi connectivity index (χ1) is 15.2. The summed E-state index contributed by atoms with van der Waals surface area (Å²) in [5, 5.41) is 8.87. The molecule has 0 saturated heterocycles. The molecule has 0 radical (unpaired) electrons.